The molecule has 0 fully saturated rings. The van der Waals surface area contributed by atoms with Crippen molar-refractivity contribution in [2.24, 2.45) is 4.99 Å². The molecule has 0 spiro atoms. The largest absolute Gasteiger partial charge is 0.573 e. The number of nitrogens with one attached hydrogen (secondary N) is 3. The highest BCUT2D eigenvalue weighted by atomic mass is 79.9. The SMILES string of the molecule is N=C(Br)/N=C(/NCc1ccccn1)Nc1ccc(OC(F)(F)F)cc1. The van der Waals surface area contributed by atoms with Crippen molar-refractivity contribution >= 4 is 32.3 Å². The fourth-order valence-electron chi connectivity index (χ4n) is 1.76. The van der Waals surface area contributed by atoms with Crippen LogP contribution in [0.4, 0.5) is 18.9 Å². The number of anilines is 1. The number of alkyl halides is 3. The van der Waals surface area contributed by atoms with E-state index in [1.807, 2.05) is 12.1 Å². The monoisotopic (exact) mass is 415 g/mol. The van der Waals surface area contributed by atoms with Crippen LogP contribution in [0.5, 0.6) is 5.75 Å². The van der Waals surface area contributed by atoms with Crippen molar-refractivity contribution in [3.63, 3.8) is 0 Å². The molecular weight excluding hydrogens is 403 g/mol. The first kappa shape index (κ1) is 18.7. The Morgan fingerprint density at radius 3 is 2.48 bits per heavy atom. The molecule has 0 atom stereocenters. The van der Waals surface area contributed by atoms with Gasteiger partial charge in [0.25, 0.3) is 0 Å². The number of halogens is 4. The Bertz CT molecular complexity index is 735. The lowest BCUT2D eigenvalue weighted by molar-refractivity contribution is -0.274. The second-order valence-corrected chi connectivity index (χ2v) is 5.37. The normalized spacial score (nSPS) is 11.8. The highest BCUT2D eigenvalue weighted by molar-refractivity contribution is 9.18. The fourth-order valence-corrected chi connectivity index (χ4v) is 1.94. The minimum Gasteiger partial charge on any atom is -0.406 e. The van der Waals surface area contributed by atoms with Gasteiger partial charge in [-0.1, -0.05) is 6.07 Å². The minimum absolute atomic E-state index is 0.124. The van der Waals surface area contributed by atoms with Crippen molar-refractivity contribution in [3.8, 4) is 5.75 Å². The highest BCUT2D eigenvalue weighted by Gasteiger charge is 2.30. The number of nitrogens with zero attached hydrogens (tertiary/aromatic N) is 2. The maximum atomic E-state index is 12.2. The summed E-state index contributed by atoms with van der Waals surface area (Å²) in [4.78, 5) is 8.07. The van der Waals surface area contributed by atoms with E-state index in [-0.39, 0.29) is 16.5 Å². The summed E-state index contributed by atoms with van der Waals surface area (Å²) >= 11 is 2.91. The molecule has 0 aliphatic heterocycles. The van der Waals surface area contributed by atoms with Crippen molar-refractivity contribution in [2.45, 2.75) is 12.9 Å². The van der Waals surface area contributed by atoms with E-state index in [9.17, 15) is 13.2 Å². The summed E-state index contributed by atoms with van der Waals surface area (Å²) in [7, 11) is 0. The Labute approximate surface area is 149 Å². The molecule has 2 rings (SSSR count). The van der Waals surface area contributed by atoms with Gasteiger partial charge in [-0.15, -0.1) is 13.2 Å². The standard InChI is InChI=1S/C15H13BrF3N5O/c16-13(20)24-14(22-9-11-3-1-2-8-21-11)23-10-4-6-12(7-5-10)25-15(17,18)19/h1-8H,9H2,(H3,20,22,23,24). The van der Waals surface area contributed by atoms with E-state index in [2.05, 4.69) is 41.3 Å². The third-order valence-corrected chi connectivity index (χ3v) is 2.90. The van der Waals surface area contributed by atoms with E-state index in [1.54, 1.807) is 12.3 Å². The van der Waals surface area contributed by atoms with Gasteiger partial charge in [-0.3, -0.25) is 10.4 Å². The zero-order valence-corrected chi connectivity index (χ0v) is 14.2. The summed E-state index contributed by atoms with van der Waals surface area (Å²) in [6.07, 6.45) is -3.09. The number of pyridine rings is 1. The van der Waals surface area contributed by atoms with Crippen molar-refractivity contribution in [1.29, 1.82) is 5.41 Å². The molecule has 0 radical (unpaired) electrons. The number of hydrogen-bond acceptors (Lipinski definition) is 3. The van der Waals surface area contributed by atoms with Crippen LogP contribution in [0.25, 0.3) is 0 Å². The third-order valence-electron chi connectivity index (χ3n) is 2.72. The highest BCUT2D eigenvalue weighted by Crippen LogP contribution is 2.23. The number of benzene rings is 1. The van der Waals surface area contributed by atoms with E-state index >= 15 is 0 Å². The van der Waals surface area contributed by atoms with E-state index in [4.69, 9.17) is 5.41 Å². The van der Waals surface area contributed by atoms with Gasteiger partial charge in [-0.05, 0) is 52.3 Å². The van der Waals surface area contributed by atoms with Gasteiger partial charge in [-0.25, -0.2) is 0 Å². The van der Waals surface area contributed by atoms with Crippen LogP contribution in [0.1, 0.15) is 5.69 Å². The van der Waals surface area contributed by atoms with Crippen LogP contribution in [-0.4, -0.2) is 22.1 Å². The zero-order chi connectivity index (χ0) is 18.3. The molecule has 132 valence electrons. The number of aromatic nitrogens is 1. The van der Waals surface area contributed by atoms with Crippen molar-refractivity contribution in [2.75, 3.05) is 5.32 Å². The average molecular weight is 416 g/mol. The minimum atomic E-state index is -4.74. The summed E-state index contributed by atoms with van der Waals surface area (Å²) in [6.45, 7) is 0.349. The van der Waals surface area contributed by atoms with E-state index in [0.29, 0.717) is 12.2 Å². The molecule has 0 aliphatic carbocycles. The number of ether oxygens (including phenoxy) is 1. The molecule has 0 aliphatic rings. The molecule has 1 aromatic heterocycles. The molecule has 0 unspecified atom stereocenters. The molecule has 0 saturated heterocycles. The maximum Gasteiger partial charge on any atom is 0.573 e. The third kappa shape index (κ3) is 7.21. The van der Waals surface area contributed by atoms with Crippen LogP contribution in [0.3, 0.4) is 0 Å². The second-order valence-electron chi connectivity index (χ2n) is 4.62. The van der Waals surface area contributed by atoms with E-state index in [0.717, 1.165) is 5.69 Å². The van der Waals surface area contributed by atoms with Gasteiger partial charge in [0.05, 0.1) is 12.2 Å². The molecule has 2 aromatic rings. The Hall–Kier alpha value is -2.62. The van der Waals surface area contributed by atoms with Gasteiger partial charge in [0, 0.05) is 11.9 Å². The molecule has 1 heterocycles. The fraction of sp³-hybridized carbons (Fsp3) is 0.133. The van der Waals surface area contributed by atoms with Crippen LogP contribution in [0.2, 0.25) is 0 Å². The first-order valence-electron chi connectivity index (χ1n) is 6.91. The molecule has 0 amide bonds. The number of rotatable bonds is 4. The lowest BCUT2D eigenvalue weighted by Gasteiger charge is -2.13. The van der Waals surface area contributed by atoms with Gasteiger partial charge in [-0.2, -0.15) is 4.99 Å². The molecule has 0 saturated carbocycles. The predicted octanol–water partition coefficient (Wildman–Crippen LogP) is 3.87. The summed E-state index contributed by atoms with van der Waals surface area (Å²) in [5.74, 6) is -0.0942. The zero-order valence-electron chi connectivity index (χ0n) is 12.6. The number of guanidine groups is 1. The smallest absolute Gasteiger partial charge is 0.406 e. The first-order chi connectivity index (χ1) is 11.8. The van der Waals surface area contributed by atoms with Crippen LogP contribution in [-0.2, 0) is 6.54 Å². The Morgan fingerprint density at radius 1 is 1.20 bits per heavy atom. The molecule has 10 heteroatoms. The van der Waals surface area contributed by atoms with Gasteiger partial charge < -0.3 is 15.4 Å². The summed E-state index contributed by atoms with van der Waals surface area (Å²) in [5.41, 5.74) is 1.22. The first-order valence-corrected chi connectivity index (χ1v) is 7.70. The Kier molecular flexibility index (Phi) is 6.34. The van der Waals surface area contributed by atoms with Crippen LogP contribution in [0.15, 0.2) is 53.7 Å². The van der Waals surface area contributed by atoms with E-state index in [1.165, 1.54) is 24.3 Å². The number of hydrogen-bond donors (Lipinski definition) is 3. The van der Waals surface area contributed by atoms with Gasteiger partial charge in [0.1, 0.15) is 5.75 Å². The molecule has 1 aromatic carbocycles. The van der Waals surface area contributed by atoms with Gasteiger partial charge >= 0.3 is 6.36 Å². The molecule has 0 bridgehead atoms. The van der Waals surface area contributed by atoms with Crippen LogP contribution >= 0.6 is 15.9 Å². The van der Waals surface area contributed by atoms with E-state index < -0.39 is 6.36 Å². The summed E-state index contributed by atoms with van der Waals surface area (Å²) in [5, 5.41) is 13.2. The van der Waals surface area contributed by atoms with Gasteiger partial charge in [0.15, 0.2) is 4.74 Å². The van der Waals surface area contributed by atoms with Crippen molar-refractivity contribution in [1.82, 2.24) is 10.3 Å². The molecule has 25 heavy (non-hydrogen) atoms. The van der Waals surface area contributed by atoms with Crippen LogP contribution in [0, 0.1) is 5.41 Å². The summed E-state index contributed by atoms with van der Waals surface area (Å²) < 4.78 is 40.1. The molecular formula is C15H13BrF3N5O. The topological polar surface area (TPSA) is 82.4 Å². The average Bonchev–Trinajstić information content (AvgIpc) is 2.53. The van der Waals surface area contributed by atoms with Crippen molar-refractivity contribution < 1.29 is 17.9 Å². The second kappa shape index (κ2) is 8.47. The Morgan fingerprint density at radius 2 is 1.92 bits per heavy atom. The lowest BCUT2D eigenvalue weighted by Crippen LogP contribution is -2.31. The van der Waals surface area contributed by atoms with Crippen LogP contribution < -0.4 is 15.4 Å². The summed E-state index contributed by atoms with van der Waals surface area (Å²) in [6, 6.07) is 10.6. The Balaban J connectivity index is 2.03. The predicted molar refractivity (Wildman–Crippen MR) is 91.9 cm³/mol. The number of amidine groups is 1. The molecule has 6 nitrogen and oxygen atoms in total. The molecule has 3 N–H and O–H groups in total. The lowest BCUT2D eigenvalue weighted by atomic mass is 10.3. The number of aliphatic imine (C=N–C) groups is 1. The van der Waals surface area contributed by atoms with Gasteiger partial charge in [0.2, 0.25) is 5.96 Å². The van der Waals surface area contributed by atoms with Crippen molar-refractivity contribution in [3.05, 3.63) is 54.4 Å². The quantitative estimate of drug-likeness (QED) is 0.402. The maximum absolute atomic E-state index is 12.2.